The van der Waals surface area contributed by atoms with E-state index in [9.17, 15) is 0 Å². The number of allylic oxidation sites excluding steroid dienone is 7. The zero-order valence-corrected chi connectivity index (χ0v) is 18.7. The van der Waals surface area contributed by atoms with Gasteiger partial charge in [-0.1, -0.05) is 62.9 Å². The van der Waals surface area contributed by atoms with Crippen LogP contribution in [0.3, 0.4) is 0 Å². The van der Waals surface area contributed by atoms with Gasteiger partial charge in [-0.15, -0.1) is 0 Å². The van der Waals surface area contributed by atoms with Gasteiger partial charge >= 0.3 is 0 Å². The lowest BCUT2D eigenvalue weighted by Gasteiger charge is -2.26. The summed E-state index contributed by atoms with van der Waals surface area (Å²) in [4.78, 5) is 0. The first kappa shape index (κ1) is 23.0. The predicted octanol–water partition coefficient (Wildman–Crippen LogP) is 7.90. The molecule has 0 atom stereocenters. The van der Waals surface area contributed by atoms with Crippen LogP contribution in [0.25, 0.3) is 0 Å². The molecule has 2 aromatic rings. The fourth-order valence-corrected chi connectivity index (χ4v) is 3.08. The average Bonchev–Trinajstić information content (AvgIpc) is 2.74. The second kappa shape index (κ2) is 11.1. The summed E-state index contributed by atoms with van der Waals surface area (Å²) in [5, 5.41) is 0. The first-order chi connectivity index (χ1) is 14.4. The molecular weight excluding hydrogens is 368 g/mol. The normalized spacial score (nSPS) is 13.1. The van der Waals surface area contributed by atoms with Crippen molar-refractivity contribution in [1.29, 1.82) is 0 Å². The van der Waals surface area contributed by atoms with Crippen LogP contribution >= 0.6 is 0 Å². The molecular formula is C28H32O2. The SMILES string of the molecule is C=C/C=C(\C=C/C)Oc1ccc(C(C)(C)c2ccc(OC(/C=C\C)=C/C)cc2)cc1. The van der Waals surface area contributed by atoms with E-state index in [0.29, 0.717) is 0 Å². The molecule has 0 saturated carbocycles. The highest BCUT2D eigenvalue weighted by atomic mass is 16.5. The quantitative estimate of drug-likeness (QED) is 0.315. The maximum Gasteiger partial charge on any atom is 0.127 e. The number of hydrogen-bond donors (Lipinski definition) is 0. The predicted molar refractivity (Wildman–Crippen MR) is 128 cm³/mol. The Morgan fingerprint density at radius 3 is 1.57 bits per heavy atom. The highest BCUT2D eigenvalue weighted by Crippen LogP contribution is 2.33. The summed E-state index contributed by atoms with van der Waals surface area (Å²) in [5.41, 5.74) is 2.29. The van der Waals surface area contributed by atoms with Gasteiger partial charge in [0.1, 0.15) is 23.0 Å². The molecule has 0 spiro atoms. The number of ether oxygens (including phenoxy) is 2. The van der Waals surface area contributed by atoms with Crippen LogP contribution in [0.5, 0.6) is 11.5 Å². The molecule has 2 rings (SSSR count). The summed E-state index contributed by atoms with van der Waals surface area (Å²) in [6.07, 6.45) is 13.3. The third-order valence-corrected chi connectivity index (χ3v) is 4.85. The summed E-state index contributed by atoms with van der Waals surface area (Å²) in [5.74, 6) is 3.22. The Morgan fingerprint density at radius 2 is 1.17 bits per heavy atom. The molecule has 0 bridgehead atoms. The van der Waals surface area contributed by atoms with Gasteiger partial charge in [0.15, 0.2) is 0 Å². The minimum absolute atomic E-state index is 0.146. The molecule has 0 unspecified atom stereocenters. The summed E-state index contributed by atoms with van der Waals surface area (Å²) in [6.45, 7) is 14.1. The number of benzene rings is 2. The Bertz CT molecular complexity index is 937. The molecule has 0 aromatic heterocycles. The summed E-state index contributed by atoms with van der Waals surface area (Å²) in [6, 6.07) is 16.5. The van der Waals surface area contributed by atoms with Gasteiger partial charge in [-0.3, -0.25) is 0 Å². The maximum atomic E-state index is 5.93. The fourth-order valence-electron chi connectivity index (χ4n) is 3.08. The van der Waals surface area contributed by atoms with E-state index >= 15 is 0 Å². The molecule has 0 aliphatic rings. The fraction of sp³-hybridized carbons (Fsp3) is 0.214. The Balaban J connectivity index is 2.18. The summed E-state index contributed by atoms with van der Waals surface area (Å²) >= 11 is 0. The third-order valence-electron chi connectivity index (χ3n) is 4.85. The third kappa shape index (κ3) is 6.12. The van der Waals surface area contributed by atoms with Crippen molar-refractivity contribution in [2.24, 2.45) is 0 Å². The van der Waals surface area contributed by atoms with Crippen molar-refractivity contribution in [3.8, 4) is 11.5 Å². The molecule has 0 heterocycles. The van der Waals surface area contributed by atoms with E-state index in [4.69, 9.17) is 9.47 Å². The second-order valence-corrected chi connectivity index (χ2v) is 7.37. The number of rotatable bonds is 9. The van der Waals surface area contributed by atoms with Crippen LogP contribution in [0, 0.1) is 0 Å². The van der Waals surface area contributed by atoms with E-state index in [0.717, 1.165) is 23.0 Å². The smallest absolute Gasteiger partial charge is 0.127 e. The molecule has 30 heavy (non-hydrogen) atoms. The molecule has 0 aliphatic carbocycles. The van der Waals surface area contributed by atoms with E-state index < -0.39 is 0 Å². The number of hydrogen-bond acceptors (Lipinski definition) is 2. The van der Waals surface area contributed by atoms with Gasteiger partial charge in [0.25, 0.3) is 0 Å². The second-order valence-electron chi connectivity index (χ2n) is 7.37. The molecule has 0 fully saturated rings. The van der Waals surface area contributed by atoms with Crippen LogP contribution in [-0.2, 0) is 5.41 Å². The first-order valence-electron chi connectivity index (χ1n) is 10.3. The van der Waals surface area contributed by atoms with Gasteiger partial charge in [-0.2, -0.15) is 0 Å². The molecule has 2 nitrogen and oxygen atoms in total. The highest BCUT2D eigenvalue weighted by molar-refractivity contribution is 5.42. The van der Waals surface area contributed by atoms with Crippen LogP contribution in [0.15, 0.2) is 109 Å². The van der Waals surface area contributed by atoms with Crippen LogP contribution < -0.4 is 9.47 Å². The first-order valence-corrected chi connectivity index (χ1v) is 10.3. The minimum atomic E-state index is -0.146. The largest absolute Gasteiger partial charge is 0.458 e. The lowest BCUT2D eigenvalue weighted by Crippen LogP contribution is -2.18. The van der Waals surface area contributed by atoms with Gasteiger partial charge in [0.05, 0.1) is 0 Å². The Hall–Kier alpha value is -3.26. The van der Waals surface area contributed by atoms with E-state index in [1.54, 1.807) is 6.08 Å². The molecule has 0 radical (unpaired) electrons. The highest BCUT2D eigenvalue weighted by Gasteiger charge is 2.23. The lowest BCUT2D eigenvalue weighted by molar-refractivity contribution is 0.442. The van der Waals surface area contributed by atoms with Gasteiger partial charge in [-0.05, 0) is 80.5 Å². The Labute approximate surface area is 181 Å². The monoisotopic (exact) mass is 400 g/mol. The Kier molecular flexibility index (Phi) is 8.49. The average molecular weight is 401 g/mol. The van der Waals surface area contributed by atoms with Crippen LogP contribution in [0.2, 0.25) is 0 Å². The van der Waals surface area contributed by atoms with E-state index in [1.807, 2.05) is 81.5 Å². The van der Waals surface area contributed by atoms with Crippen molar-refractivity contribution in [3.63, 3.8) is 0 Å². The molecule has 0 saturated heterocycles. The van der Waals surface area contributed by atoms with Crippen LogP contribution in [0.4, 0.5) is 0 Å². The minimum Gasteiger partial charge on any atom is -0.458 e. The van der Waals surface area contributed by atoms with Crippen molar-refractivity contribution in [3.05, 3.63) is 120 Å². The van der Waals surface area contributed by atoms with Crippen LogP contribution in [-0.4, -0.2) is 0 Å². The van der Waals surface area contributed by atoms with Crippen LogP contribution in [0.1, 0.15) is 45.7 Å². The van der Waals surface area contributed by atoms with E-state index in [-0.39, 0.29) is 5.41 Å². The van der Waals surface area contributed by atoms with E-state index in [1.165, 1.54) is 11.1 Å². The summed E-state index contributed by atoms with van der Waals surface area (Å²) < 4.78 is 11.8. The topological polar surface area (TPSA) is 18.5 Å². The molecule has 0 amide bonds. The molecule has 0 N–H and O–H groups in total. The van der Waals surface area contributed by atoms with Gasteiger partial charge in [0, 0.05) is 5.41 Å². The van der Waals surface area contributed by atoms with E-state index in [2.05, 4.69) is 44.7 Å². The van der Waals surface area contributed by atoms with Crippen molar-refractivity contribution in [2.45, 2.75) is 40.0 Å². The summed E-state index contributed by atoms with van der Waals surface area (Å²) in [7, 11) is 0. The zero-order chi connectivity index (χ0) is 22.0. The van der Waals surface area contributed by atoms with Crippen molar-refractivity contribution in [1.82, 2.24) is 0 Å². The van der Waals surface area contributed by atoms with Gasteiger partial charge < -0.3 is 9.47 Å². The standard InChI is InChI=1S/C28H32O2/c1-7-11-24(10-4)29-26-18-14-22(15-19-26)28(5,6)23-16-20-27(21-17-23)30-25(12-8-2)13-9-3/h7-21H,2H2,1,3-6H3/b11-7-,13-9-,24-10+,25-12+. The molecule has 0 aliphatic heterocycles. The maximum absolute atomic E-state index is 5.93. The van der Waals surface area contributed by atoms with Gasteiger partial charge in [-0.25, -0.2) is 0 Å². The zero-order valence-electron chi connectivity index (χ0n) is 18.7. The molecule has 2 aromatic carbocycles. The van der Waals surface area contributed by atoms with Crippen molar-refractivity contribution < 1.29 is 9.47 Å². The molecule has 156 valence electrons. The molecule has 2 heteroatoms. The van der Waals surface area contributed by atoms with Crippen molar-refractivity contribution >= 4 is 0 Å². The Morgan fingerprint density at radius 1 is 0.733 bits per heavy atom. The van der Waals surface area contributed by atoms with Gasteiger partial charge in [0.2, 0.25) is 0 Å². The van der Waals surface area contributed by atoms with Crippen molar-refractivity contribution in [2.75, 3.05) is 0 Å². The lowest BCUT2D eigenvalue weighted by atomic mass is 9.78.